The predicted octanol–water partition coefficient (Wildman–Crippen LogP) is 14.4. The van der Waals surface area contributed by atoms with E-state index in [0.29, 0.717) is 11.4 Å². The van der Waals surface area contributed by atoms with Gasteiger partial charge in [0.15, 0.2) is 5.58 Å². The van der Waals surface area contributed by atoms with Gasteiger partial charge in [-0.15, -0.1) is 0 Å². The SMILES string of the molecule is CC(C)(C)c1cc(-c2nc3c(-c4cc(-c5ccccc5)cc(-c5cc6c(cn5)oc5cc7ccccc7cc56)c4)cccc3n2-c2ccccc2)c(O)c(C(C)(C)C)c1. The van der Waals surface area contributed by atoms with E-state index in [1.165, 1.54) is 5.39 Å². The fourth-order valence-electron chi connectivity index (χ4n) is 8.41. The molecule has 0 fully saturated rings. The molecule has 5 heteroatoms. The Morgan fingerprint density at radius 2 is 1.20 bits per heavy atom. The van der Waals surface area contributed by atoms with E-state index < -0.39 is 0 Å². The van der Waals surface area contributed by atoms with E-state index >= 15 is 0 Å². The molecule has 0 atom stereocenters. The monoisotopic (exact) mass is 767 g/mol. The van der Waals surface area contributed by atoms with Crippen molar-refractivity contribution in [2.24, 2.45) is 0 Å². The molecule has 10 aromatic rings. The molecular weight excluding hydrogens is 723 g/mol. The molecule has 288 valence electrons. The first kappa shape index (κ1) is 36.4. The molecule has 0 aliphatic rings. The fraction of sp³-hybridized carbons (Fsp3) is 0.148. The third kappa shape index (κ3) is 6.34. The lowest BCUT2D eigenvalue weighted by atomic mass is 9.79. The van der Waals surface area contributed by atoms with Gasteiger partial charge < -0.3 is 9.52 Å². The van der Waals surface area contributed by atoms with E-state index in [9.17, 15) is 5.11 Å². The summed E-state index contributed by atoms with van der Waals surface area (Å²) in [6.45, 7) is 13.1. The number of nitrogens with zero attached hydrogens (tertiary/aromatic N) is 3. The molecule has 7 aromatic carbocycles. The quantitative estimate of drug-likeness (QED) is 0.189. The van der Waals surface area contributed by atoms with Crippen LogP contribution in [-0.2, 0) is 10.8 Å². The molecular formula is C54H45N3O2. The molecule has 59 heavy (non-hydrogen) atoms. The second-order valence-electron chi connectivity index (χ2n) is 17.7. The lowest BCUT2D eigenvalue weighted by Crippen LogP contribution is -2.17. The lowest BCUT2D eigenvalue weighted by molar-refractivity contribution is 0.446. The van der Waals surface area contributed by atoms with E-state index in [1.54, 1.807) is 0 Å². The summed E-state index contributed by atoms with van der Waals surface area (Å²) in [4.78, 5) is 10.5. The van der Waals surface area contributed by atoms with Crippen molar-refractivity contribution in [2.45, 2.75) is 52.4 Å². The summed E-state index contributed by atoms with van der Waals surface area (Å²) in [6, 6.07) is 53.1. The summed E-state index contributed by atoms with van der Waals surface area (Å²) in [5.74, 6) is 0.952. The summed E-state index contributed by atoms with van der Waals surface area (Å²) < 4.78 is 8.53. The van der Waals surface area contributed by atoms with Crippen LogP contribution in [0.4, 0.5) is 0 Å². The normalized spacial score (nSPS) is 12.3. The second-order valence-corrected chi connectivity index (χ2v) is 17.7. The van der Waals surface area contributed by atoms with Crippen LogP contribution in [-0.4, -0.2) is 19.6 Å². The molecule has 0 saturated heterocycles. The summed E-state index contributed by atoms with van der Waals surface area (Å²) in [5.41, 5.74) is 12.7. The molecule has 0 aliphatic carbocycles. The summed E-state index contributed by atoms with van der Waals surface area (Å²) in [6.07, 6.45) is 1.85. The van der Waals surface area contributed by atoms with E-state index in [0.717, 1.165) is 88.7 Å². The predicted molar refractivity (Wildman–Crippen MR) is 244 cm³/mol. The van der Waals surface area contributed by atoms with Gasteiger partial charge in [0.2, 0.25) is 0 Å². The summed E-state index contributed by atoms with van der Waals surface area (Å²) in [7, 11) is 0. The Hall–Kier alpha value is -6.98. The smallest absolute Gasteiger partial charge is 0.153 e. The van der Waals surface area contributed by atoms with Crippen molar-refractivity contribution in [3.63, 3.8) is 0 Å². The van der Waals surface area contributed by atoms with Crippen LogP contribution >= 0.6 is 0 Å². The van der Waals surface area contributed by atoms with Crippen LogP contribution in [0.25, 0.3) is 94.3 Å². The van der Waals surface area contributed by atoms with Crippen molar-refractivity contribution >= 4 is 43.7 Å². The average Bonchev–Trinajstić information content (AvgIpc) is 3.80. The number of imidazole rings is 1. The second kappa shape index (κ2) is 13.6. The maximum atomic E-state index is 12.2. The highest BCUT2D eigenvalue weighted by Crippen LogP contribution is 2.45. The topological polar surface area (TPSA) is 64.1 Å². The number of benzene rings is 7. The van der Waals surface area contributed by atoms with E-state index in [2.05, 4.69) is 174 Å². The molecule has 5 nitrogen and oxygen atoms in total. The molecule has 0 bridgehead atoms. The van der Waals surface area contributed by atoms with Crippen LogP contribution in [0.15, 0.2) is 162 Å². The number of hydrogen-bond acceptors (Lipinski definition) is 4. The van der Waals surface area contributed by atoms with Crippen molar-refractivity contribution in [1.82, 2.24) is 14.5 Å². The van der Waals surface area contributed by atoms with Crippen molar-refractivity contribution in [1.29, 1.82) is 0 Å². The van der Waals surface area contributed by atoms with Gasteiger partial charge in [-0.3, -0.25) is 9.55 Å². The Morgan fingerprint density at radius 3 is 1.93 bits per heavy atom. The minimum atomic E-state index is -0.295. The van der Waals surface area contributed by atoms with E-state index in [1.807, 2.05) is 30.5 Å². The molecule has 3 aromatic heterocycles. The number of aromatic nitrogens is 3. The molecule has 0 amide bonds. The fourth-order valence-corrected chi connectivity index (χ4v) is 8.41. The zero-order valence-corrected chi connectivity index (χ0v) is 34.2. The van der Waals surface area contributed by atoms with E-state index in [4.69, 9.17) is 14.4 Å². The maximum Gasteiger partial charge on any atom is 0.153 e. The standard InChI is InChI=1S/C54H45N3O2/c1-53(2,3)39-29-44(51(58)45(30-39)54(4,5)6)52-56-50-41(22-15-23-47(50)57(52)40-20-11-8-12-21-40)37-24-36(33-16-9-7-10-17-33)25-38(26-37)46-31-43-42-27-34-18-13-14-19-35(34)28-48(42)59-49(43)32-55-46/h7-32,58H,1-6H3. The summed E-state index contributed by atoms with van der Waals surface area (Å²) in [5, 5.41) is 16.6. The number of aromatic hydroxyl groups is 1. The van der Waals surface area contributed by atoms with Crippen LogP contribution in [0.3, 0.4) is 0 Å². The van der Waals surface area contributed by atoms with Gasteiger partial charge >= 0.3 is 0 Å². The van der Waals surface area contributed by atoms with Crippen molar-refractivity contribution in [3.05, 3.63) is 169 Å². The highest BCUT2D eigenvalue weighted by Gasteiger charge is 2.28. The minimum absolute atomic E-state index is 0.154. The van der Waals surface area contributed by atoms with Gasteiger partial charge in [-0.05, 0) is 105 Å². The lowest BCUT2D eigenvalue weighted by Gasteiger charge is -2.27. The number of phenolic OH excluding ortho intramolecular Hbond substituents is 1. The Balaban J connectivity index is 1.22. The zero-order valence-electron chi connectivity index (χ0n) is 34.2. The van der Waals surface area contributed by atoms with Gasteiger partial charge in [0.25, 0.3) is 0 Å². The number of rotatable bonds is 5. The first-order valence-corrected chi connectivity index (χ1v) is 20.3. The Kier molecular flexibility index (Phi) is 8.36. The zero-order chi connectivity index (χ0) is 40.6. The highest BCUT2D eigenvalue weighted by molar-refractivity contribution is 6.10. The van der Waals surface area contributed by atoms with Gasteiger partial charge in [-0.2, -0.15) is 0 Å². The number of hydrogen-bond donors (Lipinski definition) is 1. The average molecular weight is 768 g/mol. The third-order valence-electron chi connectivity index (χ3n) is 11.6. The number of phenols is 1. The van der Waals surface area contributed by atoms with Crippen LogP contribution < -0.4 is 0 Å². The molecule has 0 spiro atoms. The Bertz CT molecular complexity index is 3230. The van der Waals surface area contributed by atoms with Crippen LogP contribution in [0.5, 0.6) is 5.75 Å². The Labute approximate surface area is 344 Å². The van der Waals surface area contributed by atoms with Crippen molar-refractivity contribution in [3.8, 4) is 56.3 Å². The highest BCUT2D eigenvalue weighted by atomic mass is 16.3. The van der Waals surface area contributed by atoms with Gasteiger partial charge in [0, 0.05) is 33.2 Å². The molecule has 0 saturated carbocycles. The maximum absolute atomic E-state index is 12.2. The van der Waals surface area contributed by atoms with Crippen molar-refractivity contribution < 1.29 is 9.52 Å². The molecule has 10 rings (SSSR count). The summed E-state index contributed by atoms with van der Waals surface area (Å²) >= 11 is 0. The first-order valence-electron chi connectivity index (χ1n) is 20.3. The molecule has 0 radical (unpaired) electrons. The number of para-hydroxylation sites is 2. The molecule has 0 unspecified atom stereocenters. The molecule has 0 aliphatic heterocycles. The van der Waals surface area contributed by atoms with Crippen molar-refractivity contribution in [2.75, 3.05) is 0 Å². The van der Waals surface area contributed by atoms with Gasteiger partial charge in [-0.1, -0.05) is 133 Å². The number of furan rings is 1. The Morgan fingerprint density at radius 1 is 0.542 bits per heavy atom. The van der Waals surface area contributed by atoms with E-state index in [-0.39, 0.29) is 16.6 Å². The van der Waals surface area contributed by atoms with Gasteiger partial charge in [0.1, 0.15) is 17.2 Å². The largest absolute Gasteiger partial charge is 0.507 e. The van der Waals surface area contributed by atoms with Crippen LogP contribution in [0, 0.1) is 0 Å². The van der Waals surface area contributed by atoms with Gasteiger partial charge in [-0.25, -0.2) is 4.98 Å². The first-order chi connectivity index (χ1) is 28.4. The molecule has 1 N–H and O–H groups in total. The number of fused-ring (bicyclic) bond motifs is 5. The number of pyridine rings is 1. The minimum Gasteiger partial charge on any atom is -0.507 e. The van der Waals surface area contributed by atoms with Crippen LogP contribution in [0.1, 0.15) is 52.7 Å². The van der Waals surface area contributed by atoms with Crippen LogP contribution in [0.2, 0.25) is 0 Å². The third-order valence-corrected chi connectivity index (χ3v) is 11.6. The van der Waals surface area contributed by atoms with Gasteiger partial charge in [0.05, 0.1) is 28.5 Å². The molecule has 3 heterocycles.